The smallest absolute Gasteiger partial charge is 0.340 e. The Morgan fingerprint density at radius 2 is 1.87 bits per heavy atom. The van der Waals surface area contributed by atoms with Gasteiger partial charge in [0.25, 0.3) is 5.91 Å². The SMILES string of the molecule is COC(=O)c1cc(N2CCOCC2)ccc1NC(=O)COc1cc(C)ccc1C(C)C. The molecule has 2 aromatic carbocycles. The number of morpholine rings is 1. The quantitative estimate of drug-likeness (QED) is 0.680. The third-order valence-corrected chi connectivity index (χ3v) is 5.21. The number of methoxy groups -OCH3 is 1. The molecule has 1 aliphatic heterocycles. The molecule has 1 heterocycles. The zero-order chi connectivity index (χ0) is 22.4. The third-order valence-electron chi connectivity index (χ3n) is 5.21. The minimum absolute atomic E-state index is 0.158. The van der Waals surface area contributed by atoms with E-state index in [-0.39, 0.29) is 18.4 Å². The summed E-state index contributed by atoms with van der Waals surface area (Å²) in [5.74, 6) is 0.117. The maximum absolute atomic E-state index is 12.6. The van der Waals surface area contributed by atoms with Crippen molar-refractivity contribution in [3.05, 3.63) is 53.1 Å². The van der Waals surface area contributed by atoms with Gasteiger partial charge in [0.05, 0.1) is 31.6 Å². The number of rotatable bonds is 7. The van der Waals surface area contributed by atoms with Crippen LogP contribution in [-0.2, 0) is 14.3 Å². The number of ether oxygens (including phenoxy) is 3. The van der Waals surface area contributed by atoms with Crippen molar-refractivity contribution < 1.29 is 23.8 Å². The van der Waals surface area contributed by atoms with Crippen LogP contribution in [0.1, 0.15) is 41.3 Å². The van der Waals surface area contributed by atoms with Gasteiger partial charge in [-0.2, -0.15) is 0 Å². The van der Waals surface area contributed by atoms with Crippen LogP contribution >= 0.6 is 0 Å². The summed E-state index contributed by atoms with van der Waals surface area (Å²) in [7, 11) is 1.32. The van der Waals surface area contributed by atoms with Crippen LogP contribution in [0.4, 0.5) is 11.4 Å². The highest BCUT2D eigenvalue weighted by Crippen LogP contribution is 2.28. The summed E-state index contributed by atoms with van der Waals surface area (Å²) in [6.07, 6.45) is 0. The second-order valence-electron chi connectivity index (χ2n) is 7.85. The lowest BCUT2D eigenvalue weighted by atomic mass is 10.0. The molecule has 0 atom stereocenters. The zero-order valence-corrected chi connectivity index (χ0v) is 18.6. The average Bonchev–Trinajstić information content (AvgIpc) is 2.77. The first kappa shape index (κ1) is 22.6. The molecule has 31 heavy (non-hydrogen) atoms. The zero-order valence-electron chi connectivity index (χ0n) is 18.6. The summed E-state index contributed by atoms with van der Waals surface area (Å²) >= 11 is 0. The van der Waals surface area contributed by atoms with E-state index in [9.17, 15) is 9.59 Å². The van der Waals surface area contributed by atoms with Crippen LogP contribution in [0.25, 0.3) is 0 Å². The number of nitrogens with zero attached hydrogens (tertiary/aromatic N) is 1. The Morgan fingerprint density at radius 1 is 1.13 bits per heavy atom. The molecule has 0 aliphatic carbocycles. The Bertz CT molecular complexity index is 936. The van der Waals surface area contributed by atoms with E-state index < -0.39 is 5.97 Å². The highest BCUT2D eigenvalue weighted by atomic mass is 16.5. The van der Waals surface area contributed by atoms with Gasteiger partial charge in [-0.3, -0.25) is 4.79 Å². The van der Waals surface area contributed by atoms with Crippen LogP contribution in [0.2, 0.25) is 0 Å². The van der Waals surface area contributed by atoms with Crippen LogP contribution in [0, 0.1) is 6.92 Å². The van der Waals surface area contributed by atoms with Crippen molar-refractivity contribution in [2.45, 2.75) is 26.7 Å². The highest BCUT2D eigenvalue weighted by molar-refractivity contribution is 6.02. The Labute approximate surface area is 183 Å². The molecule has 1 amide bonds. The highest BCUT2D eigenvalue weighted by Gasteiger charge is 2.19. The molecule has 166 valence electrons. The molecule has 0 spiro atoms. The van der Waals surface area contributed by atoms with Gasteiger partial charge in [-0.1, -0.05) is 26.0 Å². The normalized spacial score (nSPS) is 13.8. The van der Waals surface area contributed by atoms with Crippen molar-refractivity contribution in [2.24, 2.45) is 0 Å². The molecule has 1 aliphatic rings. The fraction of sp³-hybridized carbons (Fsp3) is 0.417. The number of aryl methyl sites for hydroxylation is 1. The lowest BCUT2D eigenvalue weighted by Crippen LogP contribution is -2.36. The predicted molar refractivity (Wildman–Crippen MR) is 120 cm³/mol. The van der Waals surface area contributed by atoms with Gasteiger partial charge >= 0.3 is 5.97 Å². The van der Waals surface area contributed by atoms with Gasteiger partial charge in [-0.05, 0) is 48.2 Å². The van der Waals surface area contributed by atoms with Gasteiger partial charge in [-0.15, -0.1) is 0 Å². The summed E-state index contributed by atoms with van der Waals surface area (Å²) in [6.45, 7) is 8.75. The molecule has 1 saturated heterocycles. The lowest BCUT2D eigenvalue weighted by Gasteiger charge is -2.29. The number of carbonyl (C=O) groups excluding carboxylic acids is 2. The molecule has 2 aromatic rings. The minimum Gasteiger partial charge on any atom is -0.483 e. The second-order valence-corrected chi connectivity index (χ2v) is 7.85. The van der Waals surface area contributed by atoms with Crippen molar-refractivity contribution in [1.82, 2.24) is 0 Å². The summed E-state index contributed by atoms with van der Waals surface area (Å²) in [4.78, 5) is 27.1. The van der Waals surface area contributed by atoms with Crippen LogP contribution < -0.4 is 15.0 Å². The van der Waals surface area contributed by atoms with Crippen molar-refractivity contribution in [2.75, 3.05) is 50.2 Å². The second kappa shape index (κ2) is 10.3. The number of nitrogens with one attached hydrogen (secondary N) is 1. The minimum atomic E-state index is -0.507. The first-order valence-electron chi connectivity index (χ1n) is 10.5. The summed E-state index contributed by atoms with van der Waals surface area (Å²) < 4.78 is 16.1. The lowest BCUT2D eigenvalue weighted by molar-refractivity contribution is -0.118. The first-order valence-corrected chi connectivity index (χ1v) is 10.5. The number of hydrogen-bond acceptors (Lipinski definition) is 6. The number of hydrogen-bond donors (Lipinski definition) is 1. The fourth-order valence-corrected chi connectivity index (χ4v) is 3.51. The van der Waals surface area contributed by atoms with Crippen molar-refractivity contribution >= 4 is 23.3 Å². The van der Waals surface area contributed by atoms with Crippen LogP contribution in [0.5, 0.6) is 5.75 Å². The average molecular weight is 427 g/mol. The predicted octanol–water partition coefficient (Wildman–Crippen LogP) is 3.76. The maximum Gasteiger partial charge on any atom is 0.340 e. The van der Waals surface area contributed by atoms with E-state index >= 15 is 0 Å². The molecule has 3 rings (SSSR count). The van der Waals surface area contributed by atoms with E-state index in [0.717, 1.165) is 29.9 Å². The monoisotopic (exact) mass is 426 g/mol. The van der Waals surface area contributed by atoms with Gasteiger partial charge in [0.15, 0.2) is 6.61 Å². The van der Waals surface area contributed by atoms with Gasteiger partial charge in [0.2, 0.25) is 0 Å². The van der Waals surface area contributed by atoms with Crippen LogP contribution in [0.15, 0.2) is 36.4 Å². The van der Waals surface area contributed by atoms with Gasteiger partial charge in [0, 0.05) is 18.8 Å². The molecule has 7 nitrogen and oxygen atoms in total. The molecular weight excluding hydrogens is 396 g/mol. The van der Waals surface area contributed by atoms with E-state index in [0.29, 0.717) is 30.2 Å². The first-order chi connectivity index (χ1) is 14.9. The Hall–Kier alpha value is -3.06. The number of anilines is 2. The standard InChI is InChI=1S/C24H30N2O5/c1-16(2)19-7-5-17(3)13-22(19)31-15-23(27)25-21-8-6-18(14-20(21)24(28)29-4)26-9-11-30-12-10-26/h5-8,13-14,16H,9-12,15H2,1-4H3,(H,25,27). The molecular formula is C24H30N2O5. The van der Waals surface area contributed by atoms with E-state index in [4.69, 9.17) is 14.2 Å². The number of amides is 1. The Kier molecular flexibility index (Phi) is 7.52. The fourth-order valence-electron chi connectivity index (χ4n) is 3.51. The van der Waals surface area contributed by atoms with E-state index in [1.54, 1.807) is 12.1 Å². The molecule has 0 bridgehead atoms. The summed E-state index contributed by atoms with van der Waals surface area (Å²) in [5.41, 5.74) is 3.69. The topological polar surface area (TPSA) is 77.1 Å². The molecule has 1 fully saturated rings. The maximum atomic E-state index is 12.6. The third kappa shape index (κ3) is 5.76. The summed E-state index contributed by atoms with van der Waals surface area (Å²) in [6, 6.07) is 11.3. The van der Waals surface area contributed by atoms with Gasteiger partial charge < -0.3 is 24.4 Å². The van der Waals surface area contributed by atoms with E-state index in [1.807, 2.05) is 31.2 Å². The summed E-state index contributed by atoms with van der Waals surface area (Å²) in [5, 5.41) is 2.78. The molecule has 0 unspecified atom stereocenters. The van der Waals surface area contributed by atoms with E-state index in [1.165, 1.54) is 7.11 Å². The Balaban J connectivity index is 1.73. The van der Waals surface area contributed by atoms with Gasteiger partial charge in [-0.25, -0.2) is 4.79 Å². The van der Waals surface area contributed by atoms with Crippen molar-refractivity contribution in [3.8, 4) is 5.75 Å². The van der Waals surface area contributed by atoms with Crippen molar-refractivity contribution in [1.29, 1.82) is 0 Å². The molecule has 7 heteroatoms. The van der Waals surface area contributed by atoms with E-state index in [2.05, 4.69) is 24.1 Å². The molecule has 0 saturated carbocycles. The van der Waals surface area contributed by atoms with Crippen molar-refractivity contribution in [3.63, 3.8) is 0 Å². The number of benzene rings is 2. The largest absolute Gasteiger partial charge is 0.483 e. The number of esters is 1. The number of carbonyl (C=O) groups is 2. The molecule has 1 N–H and O–H groups in total. The van der Waals surface area contributed by atoms with Crippen LogP contribution in [0.3, 0.4) is 0 Å². The Morgan fingerprint density at radius 3 is 2.55 bits per heavy atom. The van der Waals surface area contributed by atoms with Crippen LogP contribution in [-0.4, -0.2) is 51.9 Å². The van der Waals surface area contributed by atoms with Gasteiger partial charge in [0.1, 0.15) is 5.75 Å². The molecule has 0 aromatic heterocycles. The molecule has 0 radical (unpaired) electrons.